The monoisotopic (exact) mass is 152 g/mol. The maximum absolute atomic E-state index is 10.2. The quantitative estimate of drug-likeness (QED) is 0.533. The van der Waals surface area contributed by atoms with E-state index in [4.69, 9.17) is 10.2 Å². The highest BCUT2D eigenvalue weighted by atomic mass is 32.2. The molecular formula is C4H8O4S. The van der Waals surface area contributed by atoms with Gasteiger partial charge in [0.05, 0.1) is 5.75 Å². The van der Waals surface area contributed by atoms with Gasteiger partial charge in [0.2, 0.25) is 0 Å². The summed E-state index contributed by atoms with van der Waals surface area (Å²) in [6.07, 6.45) is -0.151. The van der Waals surface area contributed by atoms with E-state index in [1.807, 2.05) is 0 Å². The minimum atomic E-state index is -1.49. The van der Waals surface area contributed by atoms with E-state index in [1.165, 1.54) is 6.26 Å². The van der Waals surface area contributed by atoms with Crippen LogP contribution in [0.4, 0.5) is 0 Å². The molecule has 0 fully saturated rings. The number of rotatable bonds is 3. The van der Waals surface area contributed by atoms with Gasteiger partial charge in [0, 0.05) is 17.1 Å². The molecule has 0 saturated heterocycles. The molecule has 5 heteroatoms. The Bertz CT molecular complexity index is 133. The van der Waals surface area contributed by atoms with Crippen molar-refractivity contribution in [1.29, 1.82) is 0 Å². The van der Waals surface area contributed by atoms with Crippen molar-refractivity contribution in [2.75, 3.05) is 12.0 Å². The van der Waals surface area contributed by atoms with Crippen molar-refractivity contribution < 1.29 is 19.2 Å². The highest BCUT2D eigenvalue weighted by molar-refractivity contribution is 7.84. The van der Waals surface area contributed by atoms with Crippen LogP contribution in [0, 0.1) is 0 Å². The molecule has 0 radical (unpaired) electrons. The van der Waals surface area contributed by atoms with Crippen LogP contribution in [-0.2, 0) is 15.6 Å². The van der Waals surface area contributed by atoms with Crippen LogP contribution in [0.3, 0.4) is 0 Å². The fourth-order valence-corrected chi connectivity index (χ4v) is 0.881. The first-order valence-electron chi connectivity index (χ1n) is 2.25. The number of hydrogen-bond donors (Lipinski definition) is 2. The van der Waals surface area contributed by atoms with E-state index in [2.05, 4.69) is 0 Å². The molecule has 0 aromatic carbocycles. The van der Waals surface area contributed by atoms with E-state index in [0.717, 1.165) is 0 Å². The number of aliphatic hydroxyl groups is 1. The molecule has 2 unspecified atom stereocenters. The van der Waals surface area contributed by atoms with Gasteiger partial charge in [-0.1, -0.05) is 0 Å². The second kappa shape index (κ2) is 3.58. The first-order chi connectivity index (χ1) is 4.04. The largest absolute Gasteiger partial charge is 0.479 e. The minimum absolute atomic E-state index is 0.199. The van der Waals surface area contributed by atoms with Crippen molar-refractivity contribution in [3.8, 4) is 0 Å². The second-order valence-corrected chi connectivity index (χ2v) is 3.07. The van der Waals surface area contributed by atoms with Crippen LogP contribution < -0.4 is 0 Å². The standard InChI is InChI=1S/C4H8O4S/c1-9(8)2-3(5)4(6)7/h3,5H,2H2,1H3,(H,6,7). The first-order valence-corrected chi connectivity index (χ1v) is 3.97. The lowest BCUT2D eigenvalue weighted by molar-refractivity contribution is -0.145. The van der Waals surface area contributed by atoms with Gasteiger partial charge in [0.1, 0.15) is 0 Å². The molecule has 0 heterocycles. The predicted molar refractivity (Wildman–Crippen MR) is 32.6 cm³/mol. The number of hydrogen-bond acceptors (Lipinski definition) is 3. The lowest BCUT2D eigenvalue weighted by atomic mass is 10.4. The predicted octanol–water partition coefficient (Wildman–Crippen LogP) is -1.19. The SMILES string of the molecule is CS(=O)CC(O)C(=O)O. The summed E-state index contributed by atoms with van der Waals surface area (Å²) in [6, 6.07) is 0. The maximum atomic E-state index is 10.2. The van der Waals surface area contributed by atoms with Crippen molar-refractivity contribution in [2.45, 2.75) is 6.10 Å². The Morgan fingerprint density at radius 3 is 2.33 bits per heavy atom. The van der Waals surface area contributed by atoms with Crippen molar-refractivity contribution >= 4 is 16.8 Å². The summed E-state index contributed by atoms with van der Waals surface area (Å²) in [4.78, 5) is 9.85. The van der Waals surface area contributed by atoms with Gasteiger partial charge in [-0.05, 0) is 0 Å². The molecule has 4 nitrogen and oxygen atoms in total. The molecule has 0 aliphatic carbocycles. The zero-order valence-electron chi connectivity index (χ0n) is 4.90. The molecule has 54 valence electrons. The summed E-state index contributed by atoms with van der Waals surface area (Å²) < 4.78 is 10.2. The van der Waals surface area contributed by atoms with Crippen LogP contribution in [0.5, 0.6) is 0 Å². The zero-order valence-corrected chi connectivity index (χ0v) is 5.72. The van der Waals surface area contributed by atoms with Gasteiger partial charge in [-0.2, -0.15) is 0 Å². The zero-order chi connectivity index (χ0) is 7.44. The van der Waals surface area contributed by atoms with Crippen molar-refractivity contribution in [2.24, 2.45) is 0 Å². The third-order valence-electron chi connectivity index (χ3n) is 0.678. The number of carboxylic acids is 1. The van der Waals surface area contributed by atoms with Crippen LogP contribution in [0.25, 0.3) is 0 Å². The van der Waals surface area contributed by atoms with E-state index in [1.54, 1.807) is 0 Å². The summed E-state index contributed by atoms with van der Waals surface area (Å²) in [7, 11) is -1.25. The average Bonchev–Trinajstić information content (AvgIpc) is 1.63. The van der Waals surface area contributed by atoms with Crippen molar-refractivity contribution in [3.05, 3.63) is 0 Å². The summed E-state index contributed by atoms with van der Waals surface area (Å²) >= 11 is 0. The maximum Gasteiger partial charge on any atom is 0.333 e. The van der Waals surface area contributed by atoms with Gasteiger partial charge in [0.15, 0.2) is 6.10 Å². The summed E-state index contributed by atoms with van der Waals surface area (Å²) in [5.41, 5.74) is 0. The summed E-state index contributed by atoms with van der Waals surface area (Å²) in [5.74, 6) is -1.53. The fourth-order valence-electron chi connectivity index (χ4n) is 0.294. The Balaban J connectivity index is 3.63. The molecule has 2 atom stereocenters. The first kappa shape index (κ1) is 8.58. The second-order valence-electron chi connectivity index (χ2n) is 1.59. The Morgan fingerprint density at radius 1 is 1.78 bits per heavy atom. The molecule has 0 aromatic rings. The van der Waals surface area contributed by atoms with Crippen LogP contribution in [-0.4, -0.2) is 38.5 Å². The smallest absolute Gasteiger partial charge is 0.333 e. The lowest BCUT2D eigenvalue weighted by Crippen LogP contribution is -2.25. The van der Waals surface area contributed by atoms with E-state index in [-0.39, 0.29) is 5.75 Å². The Morgan fingerprint density at radius 2 is 2.22 bits per heavy atom. The van der Waals surface area contributed by atoms with Crippen molar-refractivity contribution in [3.63, 3.8) is 0 Å². The number of aliphatic hydroxyl groups excluding tert-OH is 1. The van der Waals surface area contributed by atoms with Gasteiger partial charge in [-0.25, -0.2) is 4.79 Å². The topological polar surface area (TPSA) is 74.6 Å². The van der Waals surface area contributed by atoms with Crippen molar-refractivity contribution in [1.82, 2.24) is 0 Å². The highest BCUT2D eigenvalue weighted by Crippen LogP contribution is 1.85. The van der Waals surface area contributed by atoms with E-state index < -0.39 is 22.9 Å². The molecular weight excluding hydrogens is 144 g/mol. The summed E-state index contributed by atoms with van der Waals surface area (Å²) in [5, 5.41) is 16.6. The summed E-state index contributed by atoms with van der Waals surface area (Å²) in [6.45, 7) is 0. The van der Waals surface area contributed by atoms with Crippen LogP contribution in [0.1, 0.15) is 0 Å². The van der Waals surface area contributed by atoms with Crippen LogP contribution >= 0.6 is 0 Å². The van der Waals surface area contributed by atoms with E-state index in [0.29, 0.717) is 0 Å². The molecule has 0 aromatic heterocycles. The molecule has 0 rings (SSSR count). The molecule has 2 N–H and O–H groups in total. The average molecular weight is 152 g/mol. The van der Waals surface area contributed by atoms with E-state index in [9.17, 15) is 9.00 Å². The molecule has 0 aliphatic rings. The molecule has 0 bridgehead atoms. The van der Waals surface area contributed by atoms with Gasteiger partial charge < -0.3 is 10.2 Å². The number of carboxylic acid groups (broad SMARTS) is 1. The lowest BCUT2D eigenvalue weighted by Gasteiger charge is -1.99. The fraction of sp³-hybridized carbons (Fsp3) is 0.750. The Hall–Kier alpha value is -0.420. The number of aliphatic carboxylic acids is 1. The molecule has 9 heavy (non-hydrogen) atoms. The molecule has 0 aliphatic heterocycles. The Kier molecular flexibility index (Phi) is 3.41. The van der Waals surface area contributed by atoms with Gasteiger partial charge in [-0.15, -0.1) is 0 Å². The van der Waals surface area contributed by atoms with Crippen LogP contribution in [0.15, 0.2) is 0 Å². The van der Waals surface area contributed by atoms with E-state index >= 15 is 0 Å². The number of carbonyl (C=O) groups is 1. The molecule has 0 saturated carbocycles. The van der Waals surface area contributed by atoms with Crippen LogP contribution in [0.2, 0.25) is 0 Å². The minimum Gasteiger partial charge on any atom is -0.479 e. The van der Waals surface area contributed by atoms with Gasteiger partial charge >= 0.3 is 5.97 Å². The van der Waals surface area contributed by atoms with Gasteiger partial charge in [0.25, 0.3) is 0 Å². The third-order valence-corrected chi connectivity index (χ3v) is 1.46. The highest BCUT2D eigenvalue weighted by Gasteiger charge is 2.13. The Labute approximate surface area is 55.0 Å². The normalized spacial score (nSPS) is 16.7. The molecule has 0 amide bonds. The third kappa shape index (κ3) is 4.11. The molecule has 0 spiro atoms. The van der Waals surface area contributed by atoms with Gasteiger partial charge in [-0.3, -0.25) is 4.21 Å².